The zero-order valence-corrected chi connectivity index (χ0v) is 8.63. The highest BCUT2D eigenvalue weighted by Gasteiger charge is 1.82. The maximum atomic E-state index is 4.02. The molecule has 0 saturated heterocycles. The Hall–Kier alpha value is -0.920. The van der Waals surface area contributed by atoms with Gasteiger partial charge in [-0.15, -0.1) is 0 Å². The summed E-state index contributed by atoms with van der Waals surface area (Å²) in [6.07, 6.45) is 3.52. The second-order valence-corrected chi connectivity index (χ2v) is 3.53. The summed E-state index contributed by atoms with van der Waals surface area (Å²) >= 11 is 0. The Balaban J connectivity index is 0.000000261. The molecular weight excluding hydrogens is 148 g/mol. The van der Waals surface area contributed by atoms with Crippen molar-refractivity contribution in [3.8, 4) is 0 Å². The molecule has 0 fully saturated rings. The van der Waals surface area contributed by atoms with Crippen molar-refractivity contribution in [3.63, 3.8) is 0 Å². The van der Waals surface area contributed by atoms with Crippen LogP contribution >= 0.6 is 0 Å². The zero-order chi connectivity index (χ0) is 9.56. The lowest BCUT2D eigenvalue weighted by Crippen LogP contribution is -1.84. The molecule has 0 aliphatic heterocycles. The molecular formula is C10H18N2. The van der Waals surface area contributed by atoms with Gasteiger partial charge in [-0.3, -0.25) is 9.97 Å². The molecule has 2 heteroatoms. The number of rotatable bonds is 0. The van der Waals surface area contributed by atoms with Gasteiger partial charge in [0.25, 0.3) is 0 Å². The Morgan fingerprint density at radius 3 is 1.33 bits per heavy atom. The van der Waals surface area contributed by atoms with Gasteiger partial charge in [0.2, 0.25) is 0 Å². The monoisotopic (exact) mass is 166 g/mol. The summed E-state index contributed by atoms with van der Waals surface area (Å²) in [5.41, 5.74) is 1.94. The molecule has 0 saturated carbocycles. The van der Waals surface area contributed by atoms with E-state index in [1.807, 2.05) is 13.8 Å². The van der Waals surface area contributed by atoms with Gasteiger partial charge in [0.15, 0.2) is 0 Å². The topological polar surface area (TPSA) is 25.8 Å². The quantitative estimate of drug-likeness (QED) is 0.592. The number of aromatic nitrogens is 2. The second kappa shape index (κ2) is 5.70. The van der Waals surface area contributed by atoms with E-state index in [4.69, 9.17) is 0 Å². The molecule has 2 nitrogen and oxygen atoms in total. The summed E-state index contributed by atoms with van der Waals surface area (Å²) in [7, 11) is 0. The Labute approximate surface area is 75.1 Å². The Morgan fingerprint density at radius 2 is 1.17 bits per heavy atom. The molecule has 68 valence electrons. The fraction of sp³-hybridized carbons (Fsp3) is 0.600. The van der Waals surface area contributed by atoms with Gasteiger partial charge in [-0.25, -0.2) is 0 Å². The Kier molecular flexibility index (Phi) is 5.26. The van der Waals surface area contributed by atoms with Crippen molar-refractivity contribution in [3.05, 3.63) is 23.8 Å². The van der Waals surface area contributed by atoms with Gasteiger partial charge < -0.3 is 0 Å². The van der Waals surface area contributed by atoms with E-state index in [1.54, 1.807) is 12.4 Å². The summed E-state index contributed by atoms with van der Waals surface area (Å²) in [6.45, 7) is 10.3. The van der Waals surface area contributed by atoms with Gasteiger partial charge in [-0.2, -0.15) is 0 Å². The van der Waals surface area contributed by atoms with E-state index in [0.29, 0.717) is 0 Å². The lowest BCUT2D eigenvalue weighted by molar-refractivity contribution is 0.737. The van der Waals surface area contributed by atoms with E-state index in [0.717, 1.165) is 17.3 Å². The van der Waals surface area contributed by atoms with Gasteiger partial charge in [0, 0.05) is 12.4 Å². The minimum absolute atomic E-state index is 0.833. The molecule has 1 aromatic heterocycles. The van der Waals surface area contributed by atoms with Crippen LogP contribution in [-0.2, 0) is 0 Å². The van der Waals surface area contributed by atoms with Crippen molar-refractivity contribution in [1.29, 1.82) is 0 Å². The molecule has 0 aliphatic rings. The maximum Gasteiger partial charge on any atom is 0.0555 e. The Morgan fingerprint density at radius 1 is 0.917 bits per heavy atom. The van der Waals surface area contributed by atoms with Crippen LogP contribution in [-0.4, -0.2) is 9.97 Å². The third-order valence-corrected chi connectivity index (χ3v) is 0.910. The average Bonchev–Trinajstić information content (AvgIpc) is 1.94. The molecule has 0 radical (unpaired) electrons. The summed E-state index contributed by atoms with van der Waals surface area (Å²) in [4.78, 5) is 8.03. The predicted molar refractivity (Wildman–Crippen MR) is 52.0 cm³/mol. The zero-order valence-electron chi connectivity index (χ0n) is 8.63. The van der Waals surface area contributed by atoms with Crippen LogP contribution in [0.2, 0.25) is 0 Å². The number of nitrogens with zero attached hydrogens (tertiary/aromatic N) is 2. The van der Waals surface area contributed by atoms with Gasteiger partial charge in [-0.05, 0) is 19.8 Å². The molecule has 1 rings (SSSR count). The standard InChI is InChI=1S/C6H8N2.C4H10/c1-5-3-8-6(2)4-7-5;1-4(2)3/h3-4H,1-2H3;4H,1-3H3. The molecule has 12 heavy (non-hydrogen) atoms. The van der Waals surface area contributed by atoms with Crippen LogP contribution in [0.15, 0.2) is 12.4 Å². The second-order valence-electron chi connectivity index (χ2n) is 3.53. The smallest absolute Gasteiger partial charge is 0.0555 e. The first-order valence-electron chi connectivity index (χ1n) is 4.27. The molecule has 0 spiro atoms. The van der Waals surface area contributed by atoms with Crippen LogP contribution < -0.4 is 0 Å². The summed E-state index contributed by atoms with van der Waals surface area (Å²) < 4.78 is 0. The van der Waals surface area contributed by atoms with E-state index in [2.05, 4.69) is 30.7 Å². The third kappa shape index (κ3) is 7.19. The van der Waals surface area contributed by atoms with Crippen molar-refractivity contribution < 1.29 is 0 Å². The predicted octanol–water partition coefficient (Wildman–Crippen LogP) is 2.76. The highest BCUT2D eigenvalue weighted by molar-refractivity contribution is 4.97. The number of hydrogen-bond acceptors (Lipinski definition) is 2. The van der Waals surface area contributed by atoms with E-state index in [-0.39, 0.29) is 0 Å². The molecule has 0 unspecified atom stereocenters. The molecule has 0 aliphatic carbocycles. The van der Waals surface area contributed by atoms with Gasteiger partial charge in [0.1, 0.15) is 0 Å². The number of hydrogen-bond donors (Lipinski definition) is 0. The molecule has 0 N–H and O–H groups in total. The maximum absolute atomic E-state index is 4.02. The first kappa shape index (κ1) is 11.1. The minimum Gasteiger partial charge on any atom is -0.258 e. The summed E-state index contributed by atoms with van der Waals surface area (Å²) in [6, 6.07) is 0. The van der Waals surface area contributed by atoms with Gasteiger partial charge in [0.05, 0.1) is 11.4 Å². The van der Waals surface area contributed by atoms with Crippen LogP contribution in [0.1, 0.15) is 32.2 Å². The molecule has 0 aromatic carbocycles. The lowest BCUT2D eigenvalue weighted by Gasteiger charge is -1.88. The molecule has 0 amide bonds. The van der Waals surface area contributed by atoms with Crippen molar-refractivity contribution in [2.75, 3.05) is 0 Å². The average molecular weight is 166 g/mol. The van der Waals surface area contributed by atoms with Crippen molar-refractivity contribution in [2.45, 2.75) is 34.6 Å². The summed E-state index contributed by atoms with van der Waals surface area (Å²) in [5, 5.41) is 0. The van der Waals surface area contributed by atoms with Crippen LogP contribution in [0.4, 0.5) is 0 Å². The van der Waals surface area contributed by atoms with Crippen LogP contribution in [0.3, 0.4) is 0 Å². The highest BCUT2D eigenvalue weighted by atomic mass is 14.8. The van der Waals surface area contributed by atoms with Crippen LogP contribution in [0, 0.1) is 19.8 Å². The fourth-order valence-electron chi connectivity index (χ4n) is 0.457. The van der Waals surface area contributed by atoms with Crippen LogP contribution in [0.25, 0.3) is 0 Å². The molecule has 1 heterocycles. The molecule has 1 aromatic rings. The third-order valence-electron chi connectivity index (χ3n) is 0.910. The van der Waals surface area contributed by atoms with Crippen molar-refractivity contribution >= 4 is 0 Å². The Bertz CT molecular complexity index is 178. The van der Waals surface area contributed by atoms with E-state index < -0.39 is 0 Å². The fourth-order valence-corrected chi connectivity index (χ4v) is 0.457. The van der Waals surface area contributed by atoms with Crippen molar-refractivity contribution in [1.82, 2.24) is 9.97 Å². The van der Waals surface area contributed by atoms with E-state index in [9.17, 15) is 0 Å². The van der Waals surface area contributed by atoms with Crippen LogP contribution in [0.5, 0.6) is 0 Å². The van der Waals surface area contributed by atoms with Gasteiger partial charge >= 0.3 is 0 Å². The molecule has 0 bridgehead atoms. The largest absolute Gasteiger partial charge is 0.258 e. The molecule has 0 atom stereocenters. The summed E-state index contributed by atoms with van der Waals surface area (Å²) in [5.74, 6) is 0.833. The first-order chi connectivity index (χ1) is 5.52. The van der Waals surface area contributed by atoms with Crippen molar-refractivity contribution in [2.24, 2.45) is 5.92 Å². The van der Waals surface area contributed by atoms with E-state index >= 15 is 0 Å². The SMILES string of the molecule is CC(C)C.Cc1cnc(C)cn1. The van der Waals surface area contributed by atoms with E-state index in [1.165, 1.54) is 0 Å². The highest BCUT2D eigenvalue weighted by Crippen LogP contribution is 1.88. The minimum atomic E-state index is 0.833. The normalized spacial score (nSPS) is 9.17. The van der Waals surface area contributed by atoms with Gasteiger partial charge in [-0.1, -0.05) is 20.8 Å². The number of aryl methyl sites for hydroxylation is 2. The lowest BCUT2D eigenvalue weighted by atomic mass is 10.3. The first-order valence-corrected chi connectivity index (χ1v) is 4.27.